The van der Waals surface area contributed by atoms with E-state index in [1.54, 1.807) is 24.3 Å². The minimum atomic E-state index is -3.67. The van der Waals surface area contributed by atoms with Crippen LogP contribution in [0.3, 0.4) is 0 Å². The van der Waals surface area contributed by atoms with Gasteiger partial charge < -0.3 is 5.32 Å². The molecule has 0 spiro atoms. The van der Waals surface area contributed by atoms with E-state index < -0.39 is 16.1 Å². The topological polar surface area (TPSA) is 66.5 Å². The minimum Gasteiger partial charge on any atom is -0.343 e. The summed E-state index contributed by atoms with van der Waals surface area (Å²) in [6, 6.07) is 25.1. The van der Waals surface area contributed by atoms with Gasteiger partial charge in [0.05, 0.1) is 18.0 Å². The van der Waals surface area contributed by atoms with Gasteiger partial charge in [0, 0.05) is 0 Å². The fourth-order valence-electron chi connectivity index (χ4n) is 3.64. The summed E-state index contributed by atoms with van der Waals surface area (Å²) in [4.78, 5) is 13.4. The highest BCUT2D eigenvalue weighted by Crippen LogP contribution is 2.26. The van der Waals surface area contributed by atoms with Gasteiger partial charge in [0.25, 0.3) is 0 Å². The molecule has 6 heteroatoms. The molecule has 0 unspecified atom stereocenters. The molecule has 0 saturated carbocycles. The average molecular weight is 437 g/mol. The molecule has 0 aliphatic carbocycles. The van der Waals surface area contributed by atoms with Crippen LogP contribution >= 0.6 is 0 Å². The summed E-state index contributed by atoms with van der Waals surface area (Å²) in [6.07, 6.45) is 1.47. The van der Waals surface area contributed by atoms with Crippen molar-refractivity contribution in [1.29, 1.82) is 0 Å². The second kappa shape index (κ2) is 9.79. The van der Waals surface area contributed by atoms with E-state index in [4.69, 9.17) is 0 Å². The van der Waals surface area contributed by atoms with Crippen molar-refractivity contribution in [2.45, 2.75) is 32.4 Å². The van der Waals surface area contributed by atoms with Crippen molar-refractivity contribution >= 4 is 21.6 Å². The normalized spacial score (nSPS) is 13.3. The Hall–Kier alpha value is -3.12. The van der Waals surface area contributed by atoms with Crippen molar-refractivity contribution < 1.29 is 13.2 Å². The van der Waals surface area contributed by atoms with Crippen molar-refractivity contribution in [1.82, 2.24) is 5.32 Å². The lowest BCUT2D eigenvalue weighted by atomic mass is 9.97. The smallest absolute Gasteiger partial charge is 0.244 e. The van der Waals surface area contributed by atoms with Gasteiger partial charge in [-0.05, 0) is 36.6 Å². The summed E-state index contributed by atoms with van der Waals surface area (Å²) >= 11 is 0. The Bertz CT molecular complexity index is 1100. The summed E-state index contributed by atoms with van der Waals surface area (Å²) in [5.74, 6) is -0.341. The Balaban J connectivity index is 1.98. The van der Waals surface area contributed by atoms with Crippen LogP contribution in [-0.2, 0) is 14.8 Å². The van der Waals surface area contributed by atoms with Gasteiger partial charge in [-0.15, -0.1) is 0 Å². The molecule has 0 aliphatic heterocycles. The van der Waals surface area contributed by atoms with Crippen LogP contribution in [0.5, 0.6) is 0 Å². The molecule has 3 aromatic carbocycles. The second-order valence-electron chi connectivity index (χ2n) is 7.58. The van der Waals surface area contributed by atoms with Gasteiger partial charge in [-0.25, -0.2) is 8.42 Å². The number of hydrogen-bond donors (Lipinski definition) is 1. The van der Waals surface area contributed by atoms with Crippen LogP contribution in [0.15, 0.2) is 84.9 Å². The standard InChI is InChI=1S/C25H28N2O3S/c1-4-23(27(31(3,29)30)22-13-9-6-10-14-22)25(28)26-24(20-11-7-5-8-12-20)21-17-15-19(2)16-18-21/h5-18,23-24H,4H2,1-3H3,(H,26,28)/t23-,24+/m0/s1. The Kier molecular flexibility index (Phi) is 7.13. The average Bonchev–Trinajstić information content (AvgIpc) is 2.76. The van der Waals surface area contributed by atoms with E-state index in [1.807, 2.05) is 74.5 Å². The third-order valence-electron chi connectivity index (χ3n) is 5.17. The van der Waals surface area contributed by atoms with Crippen LogP contribution in [0.1, 0.15) is 36.1 Å². The number of para-hydroxylation sites is 1. The second-order valence-corrected chi connectivity index (χ2v) is 9.44. The molecule has 0 fully saturated rings. The Morgan fingerprint density at radius 3 is 1.90 bits per heavy atom. The molecule has 3 rings (SSSR count). The first kappa shape index (κ1) is 22.6. The zero-order valence-electron chi connectivity index (χ0n) is 18.0. The quantitative estimate of drug-likeness (QED) is 0.567. The van der Waals surface area contributed by atoms with Crippen molar-refractivity contribution in [3.05, 3.63) is 102 Å². The monoisotopic (exact) mass is 436 g/mol. The molecular formula is C25H28N2O3S. The molecule has 31 heavy (non-hydrogen) atoms. The van der Waals surface area contributed by atoms with E-state index in [-0.39, 0.29) is 11.9 Å². The number of nitrogens with zero attached hydrogens (tertiary/aromatic N) is 1. The molecule has 0 aromatic heterocycles. The highest BCUT2D eigenvalue weighted by molar-refractivity contribution is 7.92. The molecule has 0 aliphatic rings. The number of nitrogens with one attached hydrogen (secondary N) is 1. The van der Waals surface area contributed by atoms with Gasteiger partial charge in [0.15, 0.2) is 0 Å². The largest absolute Gasteiger partial charge is 0.343 e. The van der Waals surface area contributed by atoms with E-state index in [9.17, 15) is 13.2 Å². The first-order valence-corrected chi connectivity index (χ1v) is 12.1. The van der Waals surface area contributed by atoms with Gasteiger partial charge in [-0.1, -0.05) is 85.3 Å². The molecule has 5 nitrogen and oxygen atoms in total. The molecule has 1 amide bonds. The summed E-state index contributed by atoms with van der Waals surface area (Å²) in [6.45, 7) is 3.83. The van der Waals surface area contributed by atoms with Gasteiger partial charge in [0.1, 0.15) is 6.04 Å². The lowest BCUT2D eigenvalue weighted by molar-refractivity contribution is -0.122. The number of aryl methyl sites for hydroxylation is 1. The van der Waals surface area contributed by atoms with Crippen molar-refractivity contribution in [3.8, 4) is 0 Å². The molecule has 0 heterocycles. The SMILES string of the molecule is CC[C@@H](C(=O)N[C@H](c1ccccc1)c1ccc(C)cc1)N(c1ccccc1)S(C)(=O)=O. The Labute approximate surface area is 184 Å². The number of benzene rings is 3. The summed E-state index contributed by atoms with van der Waals surface area (Å²) < 4.78 is 26.5. The molecule has 0 radical (unpaired) electrons. The summed E-state index contributed by atoms with van der Waals surface area (Å²) in [7, 11) is -3.67. The van der Waals surface area contributed by atoms with Crippen LogP contribution in [0, 0.1) is 6.92 Å². The highest BCUT2D eigenvalue weighted by Gasteiger charge is 2.32. The number of rotatable bonds is 8. The van der Waals surface area contributed by atoms with Crippen molar-refractivity contribution in [3.63, 3.8) is 0 Å². The Morgan fingerprint density at radius 2 is 1.39 bits per heavy atom. The number of amides is 1. The van der Waals surface area contributed by atoms with Crippen LogP contribution < -0.4 is 9.62 Å². The predicted octanol–water partition coefficient (Wildman–Crippen LogP) is 4.45. The van der Waals surface area contributed by atoms with E-state index in [1.165, 1.54) is 4.31 Å². The highest BCUT2D eigenvalue weighted by atomic mass is 32.2. The summed E-state index contributed by atoms with van der Waals surface area (Å²) in [5.41, 5.74) is 3.46. The van der Waals surface area contributed by atoms with Gasteiger partial charge >= 0.3 is 0 Å². The van der Waals surface area contributed by atoms with Crippen LogP contribution in [0.4, 0.5) is 5.69 Å². The Morgan fingerprint density at radius 1 is 0.871 bits per heavy atom. The third-order valence-corrected chi connectivity index (χ3v) is 6.35. The molecule has 0 saturated heterocycles. The lowest BCUT2D eigenvalue weighted by Gasteiger charge is -2.31. The predicted molar refractivity (Wildman–Crippen MR) is 125 cm³/mol. The minimum absolute atomic E-state index is 0.337. The first-order valence-electron chi connectivity index (χ1n) is 10.3. The van der Waals surface area contributed by atoms with E-state index >= 15 is 0 Å². The number of carbonyl (C=O) groups is 1. The van der Waals surface area contributed by atoms with Gasteiger partial charge in [0.2, 0.25) is 15.9 Å². The molecule has 162 valence electrons. The molecule has 1 N–H and O–H groups in total. The zero-order chi connectivity index (χ0) is 22.4. The first-order chi connectivity index (χ1) is 14.8. The molecule has 3 aromatic rings. The maximum atomic E-state index is 13.4. The number of hydrogen-bond acceptors (Lipinski definition) is 3. The lowest BCUT2D eigenvalue weighted by Crippen LogP contribution is -2.50. The van der Waals surface area contributed by atoms with E-state index in [2.05, 4.69) is 5.32 Å². The molecule has 2 atom stereocenters. The van der Waals surface area contributed by atoms with Crippen molar-refractivity contribution in [2.75, 3.05) is 10.6 Å². The zero-order valence-corrected chi connectivity index (χ0v) is 18.8. The van der Waals surface area contributed by atoms with Crippen LogP contribution in [-0.4, -0.2) is 26.6 Å². The van der Waals surface area contributed by atoms with E-state index in [0.29, 0.717) is 12.1 Å². The van der Waals surface area contributed by atoms with Crippen LogP contribution in [0.2, 0.25) is 0 Å². The fourth-order valence-corrected chi connectivity index (χ4v) is 4.85. The van der Waals surface area contributed by atoms with Crippen LogP contribution in [0.25, 0.3) is 0 Å². The number of carbonyl (C=O) groups excluding carboxylic acids is 1. The molecular weight excluding hydrogens is 408 g/mol. The summed E-state index contributed by atoms with van der Waals surface area (Å²) in [5, 5.41) is 3.10. The van der Waals surface area contributed by atoms with E-state index in [0.717, 1.165) is 22.9 Å². The van der Waals surface area contributed by atoms with Gasteiger partial charge in [-0.2, -0.15) is 0 Å². The van der Waals surface area contributed by atoms with Crippen molar-refractivity contribution in [2.24, 2.45) is 0 Å². The van der Waals surface area contributed by atoms with Gasteiger partial charge in [-0.3, -0.25) is 9.10 Å². The number of sulfonamides is 1. The maximum Gasteiger partial charge on any atom is 0.244 e. The maximum absolute atomic E-state index is 13.4. The fraction of sp³-hybridized carbons (Fsp3) is 0.240. The third kappa shape index (κ3) is 5.52. The number of anilines is 1. The molecule has 0 bridgehead atoms.